The quantitative estimate of drug-likeness (QED) is 0.603. The summed E-state index contributed by atoms with van der Waals surface area (Å²) in [6.45, 7) is 3.03. The summed E-state index contributed by atoms with van der Waals surface area (Å²) in [6, 6.07) is 13.5. The van der Waals surface area contributed by atoms with Gasteiger partial charge in [-0.1, -0.05) is 30.3 Å². The lowest BCUT2D eigenvalue weighted by Crippen LogP contribution is -2.45. The van der Waals surface area contributed by atoms with Crippen molar-refractivity contribution in [2.45, 2.75) is 44.8 Å². The summed E-state index contributed by atoms with van der Waals surface area (Å²) in [5.41, 5.74) is 2.32. The van der Waals surface area contributed by atoms with Gasteiger partial charge in [0, 0.05) is 30.3 Å². The highest BCUT2D eigenvalue weighted by Crippen LogP contribution is 2.33. The van der Waals surface area contributed by atoms with Gasteiger partial charge in [-0.15, -0.1) is 24.5 Å². The van der Waals surface area contributed by atoms with Crippen LogP contribution in [-0.2, 0) is 6.54 Å². The van der Waals surface area contributed by atoms with Crippen LogP contribution in [0, 0.1) is 6.92 Å². The lowest BCUT2D eigenvalue weighted by atomic mass is 9.92. The first-order valence-corrected chi connectivity index (χ1v) is 10.4. The third-order valence-corrected chi connectivity index (χ3v) is 6.01. The van der Waals surface area contributed by atoms with Crippen LogP contribution in [0.2, 0.25) is 0 Å². The lowest BCUT2D eigenvalue weighted by Gasteiger charge is -2.34. The zero-order valence-corrected chi connectivity index (χ0v) is 16.7. The number of ether oxygens (including phenoxy) is 1. The largest absolute Gasteiger partial charge is 0.573 e. The second-order valence-electron chi connectivity index (χ2n) is 7.18. The molecule has 154 valence electrons. The van der Waals surface area contributed by atoms with E-state index in [1.54, 1.807) is 6.07 Å². The molecule has 0 bridgehead atoms. The number of fused-ring (bicyclic) bond motifs is 1. The van der Waals surface area contributed by atoms with Crippen LogP contribution in [0.15, 0.2) is 42.5 Å². The van der Waals surface area contributed by atoms with E-state index in [1.807, 2.05) is 25.1 Å². The van der Waals surface area contributed by atoms with Crippen LogP contribution >= 0.6 is 11.3 Å². The number of aromatic nitrogens is 1. The molecule has 0 saturated carbocycles. The number of hydrogen-bond acceptors (Lipinski definition) is 5. The van der Waals surface area contributed by atoms with E-state index in [0.29, 0.717) is 15.8 Å². The molecule has 4 nitrogen and oxygen atoms in total. The fraction of sp³-hybridized carbons (Fsp3) is 0.381. The standard InChI is InChI=1S/C21H22F3N3OS/c1-13-27-17-10-15(18(11-19(17)29-13)28-21(22,23)24)12-26-16-8-5-9-25-20(16)14-6-3-2-4-7-14/h2-4,6-7,10-11,16,20,25-26H,5,8-9,12H2,1H3/t16-,20-/m0/s1. The third kappa shape index (κ3) is 4.88. The van der Waals surface area contributed by atoms with Gasteiger partial charge in [-0.05, 0) is 37.9 Å². The molecule has 1 fully saturated rings. The number of rotatable bonds is 5. The van der Waals surface area contributed by atoms with E-state index < -0.39 is 6.36 Å². The molecule has 3 aromatic rings. The molecule has 0 aliphatic carbocycles. The zero-order valence-electron chi connectivity index (χ0n) is 15.9. The molecule has 1 aliphatic rings. The van der Waals surface area contributed by atoms with Crippen molar-refractivity contribution in [3.8, 4) is 5.75 Å². The highest BCUT2D eigenvalue weighted by Gasteiger charge is 2.33. The Bertz CT molecular complexity index is 974. The maximum Gasteiger partial charge on any atom is 0.573 e. The molecule has 0 radical (unpaired) electrons. The summed E-state index contributed by atoms with van der Waals surface area (Å²) in [4.78, 5) is 4.41. The number of aryl methyl sites for hydroxylation is 1. The summed E-state index contributed by atoms with van der Waals surface area (Å²) < 4.78 is 43.8. The molecule has 4 rings (SSSR count). The normalized spacial score (nSPS) is 20.1. The Kier molecular flexibility index (Phi) is 5.76. The van der Waals surface area contributed by atoms with Crippen LogP contribution in [0.4, 0.5) is 13.2 Å². The summed E-state index contributed by atoms with van der Waals surface area (Å²) in [5, 5.41) is 7.78. The fourth-order valence-electron chi connectivity index (χ4n) is 3.83. The molecular weight excluding hydrogens is 399 g/mol. The van der Waals surface area contributed by atoms with Gasteiger partial charge in [0.1, 0.15) is 5.75 Å². The lowest BCUT2D eigenvalue weighted by molar-refractivity contribution is -0.274. The van der Waals surface area contributed by atoms with Gasteiger partial charge in [0.2, 0.25) is 0 Å². The van der Waals surface area contributed by atoms with Gasteiger partial charge in [0.15, 0.2) is 0 Å². The van der Waals surface area contributed by atoms with Crippen molar-refractivity contribution >= 4 is 21.6 Å². The molecule has 0 spiro atoms. The Morgan fingerprint density at radius 1 is 1.24 bits per heavy atom. The van der Waals surface area contributed by atoms with E-state index >= 15 is 0 Å². The van der Waals surface area contributed by atoms with E-state index in [0.717, 1.165) is 24.4 Å². The number of halogens is 3. The number of nitrogens with one attached hydrogen (secondary N) is 2. The molecule has 1 aliphatic heterocycles. The average molecular weight is 421 g/mol. The topological polar surface area (TPSA) is 46.2 Å². The van der Waals surface area contributed by atoms with Crippen molar-refractivity contribution in [2.75, 3.05) is 6.54 Å². The van der Waals surface area contributed by atoms with Crippen LogP contribution in [-0.4, -0.2) is 23.9 Å². The van der Waals surface area contributed by atoms with E-state index in [1.165, 1.54) is 23.0 Å². The van der Waals surface area contributed by atoms with Gasteiger partial charge in [-0.25, -0.2) is 4.98 Å². The molecule has 1 saturated heterocycles. The first-order valence-electron chi connectivity index (χ1n) is 9.56. The van der Waals surface area contributed by atoms with Gasteiger partial charge in [0.25, 0.3) is 0 Å². The van der Waals surface area contributed by atoms with Gasteiger partial charge in [-0.3, -0.25) is 0 Å². The molecule has 2 N–H and O–H groups in total. The number of piperidine rings is 1. The molecule has 1 aromatic heterocycles. The molecule has 0 unspecified atom stereocenters. The Balaban J connectivity index is 1.58. The van der Waals surface area contributed by atoms with Crippen molar-refractivity contribution in [1.29, 1.82) is 0 Å². The number of thiazole rings is 1. The van der Waals surface area contributed by atoms with Crippen LogP contribution in [0.5, 0.6) is 5.75 Å². The van der Waals surface area contributed by atoms with Crippen LogP contribution in [0.25, 0.3) is 10.2 Å². The average Bonchev–Trinajstić information content (AvgIpc) is 3.04. The second-order valence-corrected chi connectivity index (χ2v) is 8.42. The molecule has 8 heteroatoms. The van der Waals surface area contributed by atoms with E-state index in [9.17, 15) is 13.2 Å². The Morgan fingerprint density at radius 3 is 2.79 bits per heavy atom. The van der Waals surface area contributed by atoms with Crippen molar-refractivity contribution in [3.05, 3.63) is 58.6 Å². The first kappa shape index (κ1) is 20.1. The Labute approximate surface area is 171 Å². The first-order chi connectivity index (χ1) is 13.9. The Hall–Kier alpha value is -2.16. The minimum Gasteiger partial charge on any atom is -0.405 e. The smallest absolute Gasteiger partial charge is 0.405 e. The molecule has 0 amide bonds. The predicted octanol–water partition coefficient (Wildman–Crippen LogP) is 5.09. The molecular formula is C21H22F3N3OS. The zero-order chi connectivity index (χ0) is 20.4. The SMILES string of the molecule is Cc1nc2cc(CN[C@H]3CCCN[C@H]3c3ccccc3)c(OC(F)(F)F)cc2s1. The van der Waals surface area contributed by atoms with Crippen molar-refractivity contribution in [3.63, 3.8) is 0 Å². The summed E-state index contributed by atoms with van der Waals surface area (Å²) in [7, 11) is 0. The predicted molar refractivity (Wildman–Crippen MR) is 108 cm³/mol. The van der Waals surface area contributed by atoms with E-state index in [2.05, 4.69) is 32.5 Å². The molecule has 2 atom stereocenters. The van der Waals surface area contributed by atoms with Crippen LogP contribution in [0.3, 0.4) is 0 Å². The van der Waals surface area contributed by atoms with E-state index in [4.69, 9.17) is 0 Å². The van der Waals surface area contributed by atoms with Crippen molar-refractivity contribution in [1.82, 2.24) is 15.6 Å². The minimum atomic E-state index is -4.73. The van der Waals surface area contributed by atoms with Crippen LogP contribution in [0.1, 0.15) is 35.0 Å². The van der Waals surface area contributed by atoms with Gasteiger partial charge < -0.3 is 15.4 Å². The maximum absolute atomic E-state index is 12.9. The van der Waals surface area contributed by atoms with Crippen LogP contribution < -0.4 is 15.4 Å². The molecule has 2 aromatic carbocycles. The second kappa shape index (κ2) is 8.30. The number of alkyl halides is 3. The summed E-state index contributed by atoms with van der Waals surface area (Å²) >= 11 is 1.36. The molecule has 29 heavy (non-hydrogen) atoms. The third-order valence-electron chi connectivity index (χ3n) is 5.08. The maximum atomic E-state index is 12.9. The Morgan fingerprint density at radius 2 is 2.03 bits per heavy atom. The number of benzene rings is 2. The van der Waals surface area contributed by atoms with Crippen molar-refractivity contribution in [2.24, 2.45) is 0 Å². The fourth-order valence-corrected chi connectivity index (χ4v) is 4.67. The monoisotopic (exact) mass is 421 g/mol. The van der Waals surface area contributed by atoms with Gasteiger partial charge >= 0.3 is 6.36 Å². The minimum absolute atomic E-state index is 0.109. The van der Waals surface area contributed by atoms with E-state index in [-0.39, 0.29) is 24.4 Å². The number of hydrogen-bond donors (Lipinski definition) is 2. The van der Waals surface area contributed by atoms with Gasteiger partial charge in [0.05, 0.1) is 15.2 Å². The highest BCUT2D eigenvalue weighted by molar-refractivity contribution is 7.18. The molecule has 2 heterocycles. The summed E-state index contributed by atoms with van der Waals surface area (Å²) in [6.07, 6.45) is -2.78. The van der Waals surface area contributed by atoms with Gasteiger partial charge in [-0.2, -0.15) is 0 Å². The summed E-state index contributed by atoms with van der Waals surface area (Å²) in [5.74, 6) is -0.166. The van der Waals surface area contributed by atoms with Crippen molar-refractivity contribution < 1.29 is 17.9 Å². The number of nitrogens with zero attached hydrogens (tertiary/aromatic N) is 1. The highest BCUT2D eigenvalue weighted by atomic mass is 32.1.